The molecule has 4 rings (SSSR count). The van der Waals surface area contributed by atoms with Gasteiger partial charge in [0.1, 0.15) is 10.8 Å². The van der Waals surface area contributed by atoms with Crippen LogP contribution in [0.5, 0.6) is 5.88 Å². The quantitative estimate of drug-likeness (QED) is 0.756. The summed E-state index contributed by atoms with van der Waals surface area (Å²) < 4.78 is 46.5. The molecule has 0 aliphatic carbocycles. The maximum atomic E-state index is 14.1. The molecular formula is C18H21FN6O3S. The largest absolute Gasteiger partial charge is 0.479 e. The van der Waals surface area contributed by atoms with Crippen molar-refractivity contribution in [2.75, 3.05) is 32.1 Å². The van der Waals surface area contributed by atoms with Gasteiger partial charge in [0.05, 0.1) is 12.8 Å². The zero-order valence-corrected chi connectivity index (χ0v) is 17.0. The standard InChI is InChI=1S/C18H21FN6O3S/c1-11-14(19)15(28-3)22-17(21-11)25-9-13-18(10-25,12-7-5-4-6-8-12)23-16(20)24(2)29(13,26)27/h4-8,13H,9-10H2,1-3H3,(H2,20,23)/t13?,18-/m0/s1. The van der Waals surface area contributed by atoms with E-state index >= 15 is 0 Å². The molecule has 0 saturated carbocycles. The highest BCUT2D eigenvalue weighted by Crippen LogP contribution is 2.41. The Kier molecular flexibility index (Phi) is 4.37. The predicted octanol–water partition coefficient (Wildman–Crippen LogP) is 0.816. The second-order valence-corrected chi connectivity index (χ2v) is 9.27. The van der Waals surface area contributed by atoms with E-state index in [2.05, 4.69) is 15.3 Å². The number of methoxy groups -OCH3 is 1. The van der Waals surface area contributed by atoms with Gasteiger partial charge in [-0.25, -0.2) is 17.7 Å². The number of rotatable bonds is 3. The summed E-state index contributed by atoms with van der Waals surface area (Å²) in [5.74, 6) is -0.882. The molecule has 2 atom stereocenters. The molecule has 2 saturated heterocycles. The molecule has 1 aromatic carbocycles. The number of aryl methyl sites for hydroxylation is 1. The van der Waals surface area contributed by atoms with Gasteiger partial charge in [0.15, 0.2) is 0 Å². The van der Waals surface area contributed by atoms with E-state index in [-0.39, 0.29) is 36.6 Å². The summed E-state index contributed by atoms with van der Waals surface area (Å²) in [6.07, 6.45) is 0. The second kappa shape index (κ2) is 6.55. The highest BCUT2D eigenvalue weighted by molar-refractivity contribution is 7.90. The van der Waals surface area contributed by atoms with Gasteiger partial charge in [0.2, 0.25) is 27.7 Å². The predicted molar refractivity (Wildman–Crippen MR) is 105 cm³/mol. The Bertz CT molecular complexity index is 1080. The first-order valence-electron chi connectivity index (χ1n) is 8.94. The molecule has 0 amide bonds. The van der Waals surface area contributed by atoms with Gasteiger partial charge in [-0.2, -0.15) is 9.37 Å². The molecule has 0 radical (unpaired) electrons. The van der Waals surface area contributed by atoms with Crippen LogP contribution >= 0.6 is 0 Å². The zero-order chi connectivity index (χ0) is 21.0. The molecule has 2 fully saturated rings. The van der Waals surface area contributed by atoms with E-state index in [1.165, 1.54) is 21.1 Å². The third-order valence-corrected chi connectivity index (χ3v) is 7.73. The first kappa shape index (κ1) is 19.4. The van der Waals surface area contributed by atoms with Crippen LogP contribution in [0.2, 0.25) is 0 Å². The summed E-state index contributed by atoms with van der Waals surface area (Å²) in [6.45, 7) is 1.76. The van der Waals surface area contributed by atoms with E-state index in [0.29, 0.717) is 0 Å². The lowest BCUT2D eigenvalue weighted by molar-refractivity contribution is 0.364. The Balaban J connectivity index is 1.86. The van der Waals surface area contributed by atoms with Crippen molar-refractivity contribution in [3.05, 3.63) is 47.4 Å². The summed E-state index contributed by atoms with van der Waals surface area (Å²) in [5.41, 5.74) is -0.223. The van der Waals surface area contributed by atoms with Gasteiger partial charge >= 0.3 is 0 Å². The van der Waals surface area contributed by atoms with Gasteiger partial charge in [0, 0.05) is 20.1 Å². The molecule has 2 aliphatic rings. The molecule has 1 unspecified atom stereocenters. The Labute approximate surface area is 168 Å². The first-order valence-corrected chi connectivity index (χ1v) is 10.4. The normalized spacial score (nSPS) is 25.5. The molecule has 2 aromatic rings. The van der Waals surface area contributed by atoms with Crippen LogP contribution in [0.3, 0.4) is 0 Å². The van der Waals surface area contributed by atoms with E-state index in [1.54, 1.807) is 4.90 Å². The number of anilines is 1. The minimum absolute atomic E-state index is 0.0794. The average molecular weight is 420 g/mol. The molecule has 0 bridgehead atoms. The number of benzene rings is 1. The van der Waals surface area contributed by atoms with E-state index in [9.17, 15) is 12.8 Å². The van der Waals surface area contributed by atoms with E-state index < -0.39 is 26.6 Å². The first-order chi connectivity index (χ1) is 13.7. The summed E-state index contributed by atoms with van der Waals surface area (Å²) in [7, 11) is -1.16. The van der Waals surface area contributed by atoms with Crippen LogP contribution in [0.25, 0.3) is 0 Å². The smallest absolute Gasteiger partial charge is 0.255 e. The fourth-order valence-electron chi connectivity index (χ4n) is 3.93. The highest BCUT2D eigenvalue weighted by atomic mass is 32.2. The van der Waals surface area contributed by atoms with Crippen molar-refractivity contribution < 1.29 is 17.5 Å². The molecule has 154 valence electrons. The van der Waals surface area contributed by atoms with Crippen molar-refractivity contribution in [2.24, 2.45) is 0 Å². The lowest BCUT2D eigenvalue weighted by atomic mass is 9.88. The van der Waals surface area contributed by atoms with Crippen molar-refractivity contribution in [3.8, 4) is 5.88 Å². The van der Waals surface area contributed by atoms with Gasteiger partial charge in [-0.05, 0) is 12.5 Å². The van der Waals surface area contributed by atoms with Crippen LogP contribution in [0.1, 0.15) is 11.3 Å². The maximum absolute atomic E-state index is 14.1. The zero-order valence-electron chi connectivity index (χ0n) is 16.2. The van der Waals surface area contributed by atoms with Crippen LogP contribution in [0, 0.1) is 18.2 Å². The monoisotopic (exact) mass is 420 g/mol. The van der Waals surface area contributed by atoms with Crippen molar-refractivity contribution in [1.29, 1.82) is 5.41 Å². The highest BCUT2D eigenvalue weighted by Gasteiger charge is 2.59. The fraction of sp³-hybridized carbons (Fsp3) is 0.389. The molecule has 1 aromatic heterocycles. The number of aromatic nitrogens is 2. The lowest BCUT2D eigenvalue weighted by Gasteiger charge is -2.43. The summed E-state index contributed by atoms with van der Waals surface area (Å²) in [6, 6.07) is 9.14. The molecule has 29 heavy (non-hydrogen) atoms. The van der Waals surface area contributed by atoms with Crippen LogP contribution in [-0.2, 0) is 15.6 Å². The average Bonchev–Trinajstić information content (AvgIpc) is 3.11. The molecule has 9 nitrogen and oxygen atoms in total. The summed E-state index contributed by atoms with van der Waals surface area (Å²) in [4.78, 5) is 10.0. The number of hydrogen-bond acceptors (Lipinski definition) is 7. The third-order valence-electron chi connectivity index (χ3n) is 5.51. The van der Waals surface area contributed by atoms with Gasteiger partial charge in [0.25, 0.3) is 5.88 Å². The summed E-state index contributed by atoms with van der Waals surface area (Å²) in [5, 5.41) is 10.4. The molecule has 11 heteroatoms. The topological polar surface area (TPSA) is 112 Å². The maximum Gasteiger partial charge on any atom is 0.255 e. The van der Waals surface area contributed by atoms with Gasteiger partial charge in [-0.1, -0.05) is 30.3 Å². The van der Waals surface area contributed by atoms with E-state index in [4.69, 9.17) is 10.1 Å². The minimum atomic E-state index is -3.83. The van der Waals surface area contributed by atoms with Crippen molar-refractivity contribution in [3.63, 3.8) is 0 Å². The van der Waals surface area contributed by atoms with Crippen molar-refractivity contribution in [1.82, 2.24) is 19.6 Å². The van der Waals surface area contributed by atoms with Crippen LogP contribution in [0.4, 0.5) is 10.3 Å². The molecule has 0 spiro atoms. The number of ether oxygens (including phenoxy) is 1. The van der Waals surface area contributed by atoms with Crippen molar-refractivity contribution >= 4 is 21.9 Å². The Morgan fingerprint density at radius 3 is 2.66 bits per heavy atom. The molecule has 2 N–H and O–H groups in total. The number of hydrogen-bond donors (Lipinski definition) is 2. The van der Waals surface area contributed by atoms with Gasteiger partial charge in [-0.15, -0.1) is 0 Å². The van der Waals surface area contributed by atoms with E-state index in [0.717, 1.165) is 9.87 Å². The molecular weight excluding hydrogens is 399 g/mol. The number of fused-ring (bicyclic) bond motifs is 1. The van der Waals surface area contributed by atoms with Gasteiger partial charge < -0.3 is 15.0 Å². The fourth-order valence-corrected chi connectivity index (χ4v) is 5.76. The number of nitrogens with one attached hydrogen (secondary N) is 2. The Morgan fingerprint density at radius 1 is 1.31 bits per heavy atom. The third kappa shape index (κ3) is 2.79. The van der Waals surface area contributed by atoms with Crippen molar-refractivity contribution in [2.45, 2.75) is 17.7 Å². The number of sulfonamides is 1. The van der Waals surface area contributed by atoms with Gasteiger partial charge in [-0.3, -0.25) is 5.41 Å². The minimum Gasteiger partial charge on any atom is -0.479 e. The van der Waals surface area contributed by atoms with Crippen LogP contribution in [-0.4, -0.2) is 61.1 Å². The van der Waals surface area contributed by atoms with E-state index in [1.807, 2.05) is 30.3 Å². The Morgan fingerprint density at radius 2 is 2.00 bits per heavy atom. The second-order valence-electron chi connectivity index (χ2n) is 7.12. The van der Waals surface area contributed by atoms with Crippen LogP contribution in [0.15, 0.2) is 30.3 Å². The van der Waals surface area contributed by atoms with Crippen LogP contribution < -0.4 is 15.0 Å². The molecule has 3 heterocycles. The lowest BCUT2D eigenvalue weighted by Crippen LogP contribution is -2.66. The SMILES string of the molecule is COc1nc(N2CC3[C@@](c4ccccc4)(C2)NC(=N)N(C)S3(=O)=O)nc(C)c1F. The number of guanidine groups is 1. The summed E-state index contributed by atoms with van der Waals surface area (Å²) >= 11 is 0. The number of halogens is 1. The number of nitrogens with zero attached hydrogens (tertiary/aromatic N) is 4. The molecule has 2 aliphatic heterocycles. The Hall–Kier alpha value is -2.95.